The molecule has 1 saturated carbocycles. The number of aromatic amines is 1. The minimum Gasteiger partial charge on any atom is -0.392 e. The average Bonchev–Trinajstić information content (AvgIpc) is 3.64. The summed E-state index contributed by atoms with van der Waals surface area (Å²) in [5.74, 6) is 0.157. The maximum atomic E-state index is 13.3. The number of likely N-dealkylation sites (tertiary alicyclic amines) is 1. The summed E-state index contributed by atoms with van der Waals surface area (Å²) >= 11 is 1.31. The number of aliphatic hydroxyl groups excluding tert-OH is 1. The normalized spacial score (nSPS) is 20.6. The van der Waals surface area contributed by atoms with Crippen LogP contribution in [0.15, 0.2) is 66.1 Å². The van der Waals surface area contributed by atoms with Crippen LogP contribution in [0.3, 0.4) is 0 Å². The van der Waals surface area contributed by atoms with E-state index in [1.54, 1.807) is 18.3 Å². The van der Waals surface area contributed by atoms with Gasteiger partial charge in [-0.1, -0.05) is 12.6 Å². The highest BCUT2D eigenvalue weighted by Gasteiger charge is 2.50. The maximum Gasteiger partial charge on any atom is 0.268 e. The number of carbonyl (C=O) groups is 2. The number of aliphatic hydroxyl groups is 1. The van der Waals surface area contributed by atoms with Crippen LogP contribution in [0.25, 0.3) is 21.5 Å². The van der Waals surface area contributed by atoms with Gasteiger partial charge in [-0.25, -0.2) is 4.98 Å². The Labute approximate surface area is 222 Å². The van der Waals surface area contributed by atoms with Crippen LogP contribution < -0.4 is 10.9 Å². The second kappa shape index (κ2) is 9.38. The summed E-state index contributed by atoms with van der Waals surface area (Å²) in [6, 6.07) is 12.7. The van der Waals surface area contributed by atoms with Gasteiger partial charge in [-0.15, -0.1) is 11.3 Å². The molecule has 9 nitrogen and oxygen atoms in total. The summed E-state index contributed by atoms with van der Waals surface area (Å²) < 4.78 is 2.09. The van der Waals surface area contributed by atoms with Crippen molar-refractivity contribution in [2.75, 3.05) is 18.4 Å². The first-order valence-electron chi connectivity index (χ1n) is 12.5. The number of benzene rings is 1. The molecular weight excluding hydrogens is 502 g/mol. The van der Waals surface area contributed by atoms with Gasteiger partial charge in [-0.3, -0.25) is 19.7 Å². The lowest BCUT2D eigenvalue weighted by Crippen LogP contribution is -2.42. The molecule has 1 aliphatic heterocycles. The van der Waals surface area contributed by atoms with E-state index < -0.39 is 0 Å². The highest BCUT2D eigenvalue weighted by atomic mass is 32.1. The summed E-state index contributed by atoms with van der Waals surface area (Å²) in [4.78, 5) is 47.6. The van der Waals surface area contributed by atoms with Gasteiger partial charge in [0.2, 0.25) is 17.4 Å². The SMILES string of the molecule is C=CC(=O)N1CCC2(CC(n3c(NC(=O)c4ccc(-c5cc[nH]c(=O)c5)s4)nc4cc(CO)ccc43)C2)C1. The van der Waals surface area contributed by atoms with Crippen LogP contribution in [0.2, 0.25) is 0 Å². The van der Waals surface area contributed by atoms with Crippen LogP contribution in [0.4, 0.5) is 5.95 Å². The van der Waals surface area contributed by atoms with E-state index in [1.807, 2.05) is 29.2 Å². The molecule has 10 heteroatoms. The first kappa shape index (κ1) is 24.3. The third kappa shape index (κ3) is 4.25. The van der Waals surface area contributed by atoms with Crippen LogP contribution in [0, 0.1) is 5.41 Å². The van der Waals surface area contributed by atoms with Crippen LogP contribution in [0.5, 0.6) is 0 Å². The van der Waals surface area contributed by atoms with Gasteiger partial charge in [0.1, 0.15) is 0 Å². The van der Waals surface area contributed by atoms with Crippen LogP contribution in [-0.2, 0) is 11.4 Å². The molecule has 4 aromatic rings. The molecule has 2 fully saturated rings. The highest BCUT2D eigenvalue weighted by Crippen LogP contribution is 2.55. The van der Waals surface area contributed by atoms with Crippen molar-refractivity contribution in [3.63, 3.8) is 0 Å². The lowest BCUT2D eigenvalue weighted by Gasteiger charge is -2.46. The Balaban J connectivity index is 1.27. The lowest BCUT2D eigenvalue weighted by molar-refractivity contribution is -0.125. The fraction of sp³-hybridized carbons (Fsp3) is 0.286. The second-order valence-corrected chi connectivity index (χ2v) is 11.2. The number of thiophene rings is 1. The lowest BCUT2D eigenvalue weighted by atomic mass is 9.64. The van der Waals surface area contributed by atoms with E-state index in [4.69, 9.17) is 4.98 Å². The Morgan fingerprint density at radius 3 is 2.84 bits per heavy atom. The van der Waals surface area contributed by atoms with Crippen molar-refractivity contribution in [2.24, 2.45) is 5.41 Å². The zero-order valence-electron chi connectivity index (χ0n) is 20.6. The molecule has 0 radical (unpaired) electrons. The maximum absolute atomic E-state index is 13.3. The zero-order valence-corrected chi connectivity index (χ0v) is 21.5. The van der Waals surface area contributed by atoms with Gasteiger partial charge in [0.25, 0.3) is 5.91 Å². The van der Waals surface area contributed by atoms with E-state index in [0.29, 0.717) is 16.3 Å². The van der Waals surface area contributed by atoms with Crippen molar-refractivity contribution in [1.29, 1.82) is 0 Å². The Morgan fingerprint density at radius 1 is 1.24 bits per heavy atom. The second-order valence-electron chi connectivity index (χ2n) is 10.1. The van der Waals surface area contributed by atoms with E-state index in [1.165, 1.54) is 23.5 Å². The molecule has 1 aliphatic carbocycles. The molecule has 38 heavy (non-hydrogen) atoms. The fourth-order valence-electron chi connectivity index (χ4n) is 5.78. The van der Waals surface area contributed by atoms with E-state index in [-0.39, 0.29) is 35.4 Å². The molecule has 3 N–H and O–H groups in total. The third-order valence-electron chi connectivity index (χ3n) is 7.68. The van der Waals surface area contributed by atoms with Crippen LogP contribution in [-0.4, -0.2) is 49.4 Å². The van der Waals surface area contributed by atoms with E-state index >= 15 is 0 Å². The number of imidazole rings is 1. The predicted octanol–water partition coefficient (Wildman–Crippen LogP) is 3.94. The van der Waals surface area contributed by atoms with E-state index in [2.05, 4.69) is 21.4 Å². The molecule has 2 amide bonds. The van der Waals surface area contributed by atoms with Gasteiger partial charge in [0, 0.05) is 36.3 Å². The first-order valence-corrected chi connectivity index (χ1v) is 13.3. The molecule has 2 aliphatic rings. The molecule has 4 heterocycles. The minimum absolute atomic E-state index is 0.0293. The summed E-state index contributed by atoms with van der Waals surface area (Å²) in [5.41, 5.74) is 2.97. The number of aromatic nitrogens is 3. The Kier molecular flexibility index (Phi) is 6.00. The number of nitrogens with zero attached hydrogens (tertiary/aromatic N) is 3. The zero-order chi connectivity index (χ0) is 26.4. The number of rotatable bonds is 6. The van der Waals surface area contributed by atoms with Gasteiger partial charge in [0.05, 0.1) is 22.5 Å². The van der Waals surface area contributed by atoms with Crippen molar-refractivity contribution in [3.05, 3.63) is 82.1 Å². The number of amides is 2. The Morgan fingerprint density at radius 2 is 2.08 bits per heavy atom. The summed E-state index contributed by atoms with van der Waals surface area (Å²) in [5, 5.41) is 12.6. The van der Waals surface area contributed by atoms with Crippen molar-refractivity contribution >= 4 is 40.1 Å². The van der Waals surface area contributed by atoms with E-state index in [0.717, 1.165) is 53.9 Å². The average molecular weight is 530 g/mol. The minimum atomic E-state index is -0.275. The molecule has 0 unspecified atom stereocenters. The molecule has 1 spiro atoms. The largest absolute Gasteiger partial charge is 0.392 e. The number of nitrogens with one attached hydrogen (secondary N) is 2. The molecule has 3 aromatic heterocycles. The molecule has 6 rings (SSSR count). The fourth-order valence-corrected chi connectivity index (χ4v) is 6.68. The molecule has 0 atom stereocenters. The van der Waals surface area contributed by atoms with Gasteiger partial charge in [0.15, 0.2) is 0 Å². The van der Waals surface area contributed by atoms with E-state index in [9.17, 15) is 19.5 Å². The number of hydrogen-bond acceptors (Lipinski definition) is 6. The van der Waals surface area contributed by atoms with Crippen molar-refractivity contribution in [1.82, 2.24) is 19.4 Å². The first-order chi connectivity index (χ1) is 18.4. The van der Waals surface area contributed by atoms with Gasteiger partial charge in [-0.05, 0) is 72.2 Å². The van der Waals surface area contributed by atoms with Gasteiger partial charge in [-0.2, -0.15) is 0 Å². The summed E-state index contributed by atoms with van der Waals surface area (Å²) in [6.45, 7) is 4.97. The smallest absolute Gasteiger partial charge is 0.268 e. The third-order valence-corrected chi connectivity index (χ3v) is 8.81. The number of H-pyrrole nitrogens is 1. The molecular formula is C28H27N5O4S. The number of fused-ring (bicyclic) bond motifs is 1. The molecule has 0 bridgehead atoms. The molecule has 1 aromatic carbocycles. The van der Waals surface area contributed by atoms with Crippen molar-refractivity contribution in [3.8, 4) is 10.4 Å². The Bertz CT molecular complexity index is 1630. The topological polar surface area (TPSA) is 120 Å². The van der Waals surface area contributed by atoms with Crippen molar-refractivity contribution in [2.45, 2.75) is 31.9 Å². The van der Waals surface area contributed by atoms with Crippen LogP contribution in [0.1, 0.15) is 40.5 Å². The molecule has 194 valence electrons. The van der Waals surface area contributed by atoms with Crippen molar-refractivity contribution < 1.29 is 14.7 Å². The summed E-state index contributed by atoms with van der Waals surface area (Å²) in [7, 11) is 0. The number of carbonyl (C=O) groups excluding carboxylic acids is 2. The summed E-state index contributed by atoms with van der Waals surface area (Å²) in [6.07, 6.45) is 5.68. The quantitative estimate of drug-likeness (QED) is 0.327. The Hall–Kier alpha value is -4.02. The monoisotopic (exact) mass is 529 g/mol. The van der Waals surface area contributed by atoms with Crippen LogP contribution >= 0.6 is 11.3 Å². The van der Waals surface area contributed by atoms with Gasteiger partial charge >= 0.3 is 0 Å². The number of hydrogen-bond donors (Lipinski definition) is 3. The molecule has 1 saturated heterocycles. The predicted molar refractivity (Wildman–Crippen MR) is 146 cm³/mol. The highest BCUT2D eigenvalue weighted by molar-refractivity contribution is 7.17. The number of anilines is 1. The standard InChI is InChI=1S/C28H27N5O4S/c1-2-25(36)32-10-8-28(16-32)13-19(14-28)33-21-4-3-17(15-34)11-20(21)30-27(33)31-26(37)23-6-5-22(38-23)18-7-9-29-24(35)12-18/h2-7,9,11-12,19,34H,1,8,10,13-16H2,(H,29,35)(H,30,31,37). The number of pyridine rings is 1. The van der Waals surface area contributed by atoms with Gasteiger partial charge < -0.3 is 19.6 Å².